The molecule has 0 bridgehead atoms. The van der Waals surface area contributed by atoms with Crippen LogP contribution in [0.3, 0.4) is 0 Å². The number of amides is 1. The molecule has 3 aromatic rings. The fraction of sp³-hybridized carbons (Fsp3) is 0.263. The number of nitrogens with one attached hydrogen (secondary N) is 1. The maximum absolute atomic E-state index is 12.3. The number of benzene rings is 2. The van der Waals surface area contributed by atoms with Crippen molar-refractivity contribution in [1.29, 1.82) is 0 Å². The first-order valence-electron chi connectivity index (χ1n) is 8.34. The van der Waals surface area contributed by atoms with Crippen LogP contribution in [0.5, 0.6) is 0 Å². The predicted molar refractivity (Wildman–Crippen MR) is 96.3 cm³/mol. The molecule has 24 heavy (non-hydrogen) atoms. The van der Waals surface area contributed by atoms with E-state index in [1.54, 1.807) is 6.33 Å². The first kappa shape index (κ1) is 14.8. The van der Waals surface area contributed by atoms with Gasteiger partial charge < -0.3 is 14.8 Å². The van der Waals surface area contributed by atoms with Crippen LogP contribution < -0.4 is 10.2 Å². The molecule has 2 heterocycles. The van der Waals surface area contributed by atoms with Gasteiger partial charge in [0.2, 0.25) is 5.91 Å². The fourth-order valence-corrected chi connectivity index (χ4v) is 3.22. The fourth-order valence-electron chi connectivity index (χ4n) is 3.22. The minimum atomic E-state index is -0.0490. The molecule has 2 aromatic carbocycles. The summed E-state index contributed by atoms with van der Waals surface area (Å²) in [5, 5.41) is 2.96. The molecule has 0 aliphatic carbocycles. The van der Waals surface area contributed by atoms with Gasteiger partial charge in [0.1, 0.15) is 6.54 Å². The lowest BCUT2D eigenvalue weighted by molar-refractivity contribution is -0.116. The van der Waals surface area contributed by atoms with E-state index in [0.717, 1.165) is 29.8 Å². The number of nitrogens with zero attached hydrogens (tertiary/aromatic N) is 3. The first-order chi connectivity index (χ1) is 11.8. The lowest BCUT2D eigenvalue weighted by atomic mass is 10.2. The molecule has 4 rings (SSSR count). The molecule has 5 heteroatoms. The molecule has 0 spiro atoms. The van der Waals surface area contributed by atoms with E-state index in [0.29, 0.717) is 0 Å². The molecular weight excluding hydrogens is 300 g/mol. The number of hydrogen-bond donors (Lipinski definition) is 1. The topological polar surface area (TPSA) is 50.2 Å². The molecule has 1 aliphatic rings. The molecule has 0 saturated carbocycles. The van der Waals surface area contributed by atoms with Crippen LogP contribution in [0.25, 0.3) is 11.0 Å². The summed E-state index contributed by atoms with van der Waals surface area (Å²) in [6.07, 6.45) is 4.23. The van der Waals surface area contributed by atoms with Gasteiger partial charge in [-0.15, -0.1) is 0 Å². The van der Waals surface area contributed by atoms with Crippen LogP contribution in [0.1, 0.15) is 12.8 Å². The van der Waals surface area contributed by atoms with Gasteiger partial charge in [-0.3, -0.25) is 4.79 Å². The van der Waals surface area contributed by atoms with Gasteiger partial charge in [0.05, 0.1) is 17.4 Å². The van der Waals surface area contributed by atoms with Crippen LogP contribution >= 0.6 is 0 Å². The van der Waals surface area contributed by atoms with E-state index in [2.05, 4.69) is 27.3 Å². The van der Waals surface area contributed by atoms with Crippen LogP contribution in [0.15, 0.2) is 54.9 Å². The molecule has 1 aromatic heterocycles. The average Bonchev–Trinajstić information content (AvgIpc) is 3.26. The van der Waals surface area contributed by atoms with Crippen LogP contribution in [0.2, 0.25) is 0 Å². The molecule has 122 valence electrons. The van der Waals surface area contributed by atoms with Gasteiger partial charge in [0.25, 0.3) is 0 Å². The Morgan fingerprint density at radius 2 is 1.79 bits per heavy atom. The zero-order valence-corrected chi connectivity index (χ0v) is 13.5. The normalized spacial score (nSPS) is 14.2. The molecule has 1 fully saturated rings. The SMILES string of the molecule is O=C(Cn1cnc2ccccc21)Nc1ccc(N2CCCC2)cc1. The molecule has 0 unspecified atom stereocenters. The van der Waals surface area contributed by atoms with Gasteiger partial charge in [-0.25, -0.2) is 4.98 Å². The van der Waals surface area contributed by atoms with Crippen molar-refractivity contribution in [2.75, 3.05) is 23.3 Å². The van der Waals surface area contributed by atoms with Crippen molar-refractivity contribution in [3.8, 4) is 0 Å². The number of carbonyl (C=O) groups is 1. The van der Waals surface area contributed by atoms with E-state index < -0.39 is 0 Å². The molecular formula is C19H20N4O. The Morgan fingerprint density at radius 1 is 1.04 bits per heavy atom. The second kappa shape index (κ2) is 6.35. The van der Waals surface area contributed by atoms with Gasteiger partial charge in [-0.2, -0.15) is 0 Å². The van der Waals surface area contributed by atoms with Gasteiger partial charge in [0, 0.05) is 24.5 Å². The quantitative estimate of drug-likeness (QED) is 0.802. The van der Waals surface area contributed by atoms with E-state index in [9.17, 15) is 4.79 Å². The van der Waals surface area contributed by atoms with E-state index in [1.165, 1.54) is 18.5 Å². The third-order valence-corrected chi connectivity index (χ3v) is 4.46. The van der Waals surface area contributed by atoms with E-state index in [1.807, 2.05) is 41.0 Å². The zero-order valence-electron chi connectivity index (χ0n) is 13.5. The lowest BCUT2D eigenvalue weighted by Crippen LogP contribution is -2.19. The summed E-state index contributed by atoms with van der Waals surface area (Å²) < 4.78 is 1.86. The van der Waals surface area contributed by atoms with E-state index in [-0.39, 0.29) is 12.5 Å². The number of anilines is 2. The molecule has 0 atom stereocenters. The Morgan fingerprint density at radius 3 is 2.58 bits per heavy atom. The number of rotatable bonds is 4. The van der Waals surface area contributed by atoms with Crippen LogP contribution in [0.4, 0.5) is 11.4 Å². The number of imidazole rings is 1. The minimum Gasteiger partial charge on any atom is -0.372 e. The second-order valence-electron chi connectivity index (χ2n) is 6.15. The number of carbonyl (C=O) groups excluding carboxylic acids is 1. The number of fused-ring (bicyclic) bond motifs is 1. The third kappa shape index (κ3) is 2.97. The smallest absolute Gasteiger partial charge is 0.244 e. The molecule has 0 radical (unpaired) electrons. The summed E-state index contributed by atoms with van der Waals surface area (Å²) in [5.74, 6) is -0.0490. The summed E-state index contributed by atoms with van der Waals surface area (Å²) in [5.41, 5.74) is 3.93. The Balaban J connectivity index is 1.42. The maximum atomic E-state index is 12.3. The second-order valence-corrected chi connectivity index (χ2v) is 6.15. The largest absolute Gasteiger partial charge is 0.372 e. The number of hydrogen-bond acceptors (Lipinski definition) is 3. The third-order valence-electron chi connectivity index (χ3n) is 4.46. The van der Waals surface area contributed by atoms with Gasteiger partial charge in [0.15, 0.2) is 0 Å². The van der Waals surface area contributed by atoms with Crippen molar-refractivity contribution in [3.63, 3.8) is 0 Å². The highest BCUT2D eigenvalue weighted by Crippen LogP contribution is 2.22. The molecule has 1 aliphatic heterocycles. The average molecular weight is 320 g/mol. The molecule has 1 N–H and O–H groups in total. The zero-order chi connectivity index (χ0) is 16.4. The van der Waals surface area contributed by atoms with Crippen molar-refractivity contribution in [2.24, 2.45) is 0 Å². The highest BCUT2D eigenvalue weighted by atomic mass is 16.1. The minimum absolute atomic E-state index is 0.0490. The van der Waals surface area contributed by atoms with Crippen LogP contribution in [0, 0.1) is 0 Å². The maximum Gasteiger partial charge on any atom is 0.244 e. The Kier molecular flexibility index (Phi) is 3.91. The molecule has 5 nitrogen and oxygen atoms in total. The lowest BCUT2D eigenvalue weighted by Gasteiger charge is -2.17. The first-order valence-corrected chi connectivity index (χ1v) is 8.34. The summed E-state index contributed by atoms with van der Waals surface area (Å²) in [4.78, 5) is 19.0. The van der Waals surface area contributed by atoms with Crippen molar-refractivity contribution in [1.82, 2.24) is 9.55 Å². The van der Waals surface area contributed by atoms with Crippen molar-refractivity contribution in [2.45, 2.75) is 19.4 Å². The number of para-hydroxylation sites is 2. The Bertz CT molecular complexity index is 847. The van der Waals surface area contributed by atoms with Crippen LogP contribution in [-0.2, 0) is 11.3 Å². The Labute approximate surface area is 140 Å². The summed E-state index contributed by atoms with van der Waals surface area (Å²) in [6.45, 7) is 2.51. The summed E-state index contributed by atoms with van der Waals surface area (Å²) in [7, 11) is 0. The molecule has 1 amide bonds. The van der Waals surface area contributed by atoms with Crippen molar-refractivity contribution in [3.05, 3.63) is 54.9 Å². The monoisotopic (exact) mass is 320 g/mol. The Hall–Kier alpha value is -2.82. The summed E-state index contributed by atoms with van der Waals surface area (Å²) in [6, 6.07) is 15.9. The highest BCUT2D eigenvalue weighted by Gasteiger charge is 2.12. The standard InChI is InChI=1S/C19H20N4O/c24-19(13-23-14-20-17-5-1-2-6-18(17)23)21-15-7-9-16(10-8-15)22-11-3-4-12-22/h1-2,5-10,14H,3-4,11-13H2,(H,21,24). The molecule has 1 saturated heterocycles. The highest BCUT2D eigenvalue weighted by molar-refractivity contribution is 5.91. The van der Waals surface area contributed by atoms with Gasteiger partial charge >= 0.3 is 0 Å². The van der Waals surface area contributed by atoms with Gasteiger partial charge in [-0.05, 0) is 49.2 Å². The van der Waals surface area contributed by atoms with Gasteiger partial charge in [-0.1, -0.05) is 12.1 Å². The van der Waals surface area contributed by atoms with Crippen LogP contribution in [-0.4, -0.2) is 28.5 Å². The van der Waals surface area contributed by atoms with Crippen molar-refractivity contribution >= 4 is 28.3 Å². The van der Waals surface area contributed by atoms with Crippen molar-refractivity contribution < 1.29 is 4.79 Å². The predicted octanol–water partition coefficient (Wildman–Crippen LogP) is 3.28. The van der Waals surface area contributed by atoms with E-state index in [4.69, 9.17) is 0 Å². The summed E-state index contributed by atoms with van der Waals surface area (Å²) >= 11 is 0. The van der Waals surface area contributed by atoms with E-state index >= 15 is 0 Å². The number of aromatic nitrogens is 2.